The molecule has 60 valence electrons. The van der Waals surface area contributed by atoms with Crippen molar-refractivity contribution in [3.8, 4) is 0 Å². The quantitative estimate of drug-likeness (QED) is 0.547. The largest absolute Gasteiger partial charge is 0.121 e. The van der Waals surface area contributed by atoms with Crippen LogP contribution in [-0.2, 0) is 0 Å². The van der Waals surface area contributed by atoms with Crippen LogP contribution < -0.4 is 0 Å². The summed E-state index contributed by atoms with van der Waals surface area (Å²) in [6, 6.07) is 8.66. The van der Waals surface area contributed by atoms with E-state index in [1.54, 1.807) is 0 Å². The SMILES string of the molecule is Cc1ccc(C2=C=CCC2)cc1. The summed E-state index contributed by atoms with van der Waals surface area (Å²) in [6.45, 7) is 2.11. The van der Waals surface area contributed by atoms with E-state index in [0.717, 1.165) is 12.8 Å². The lowest BCUT2D eigenvalue weighted by atomic mass is 10.0. The van der Waals surface area contributed by atoms with Crippen molar-refractivity contribution >= 4 is 5.57 Å². The standard InChI is InChI=1S/C12H12/c1-10-6-8-12(9-7-10)11-4-2-3-5-11/h2,6-9H,3,5H2,1H3. The van der Waals surface area contributed by atoms with Gasteiger partial charge < -0.3 is 0 Å². The summed E-state index contributed by atoms with van der Waals surface area (Å²) in [7, 11) is 0. The minimum absolute atomic E-state index is 1.16. The predicted molar refractivity (Wildman–Crippen MR) is 51.9 cm³/mol. The molecular weight excluding hydrogens is 144 g/mol. The van der Waals surface area contributed by atoms with E-state index in [-0.39, 0.29) is 0 Å². The maximum Gasteiger partial charge on any atom is 0.00120 e. The van der Waals surface area contributed by atoms with Crippen molar-refractivity contribution in [3.63, 3.8) is 0 Å². The van der Waals surface area contributed by atoms with Gasteiger partial charge >= 0.3 is 0 Å². The van der Waals surface area contributed by atoms with Crippen LogP contribution in [0, 0.1) is 6.92 Å². The van der Waals surface area contributed by atoms with Gasteiger partial charge in [0.1, 0.15) is 0 Å². The fourth-order valence-electron chi connectivity index (χ4n) is 1.47. The van der Waals surface area contributed by atoms with Gasteiger partial charge in [0.2, 0.25) is 0 Å². The van der Waals surface area contributed by atoms with Crippen LogP contribution in [0.5, 0.6) is 0 Å². The van der Waals surface area contributed by atoms with Crippen molar-refractivity contribution in [1.29, 1.82) is 0 Å². The highest BCUT2D eigenvalue weighted by Gasteiger charge is 2.02. The summed E-state index contributed by atoms with van der Waals surface area (Å²) in [4.78, 5) is 0. The zero-order chi connectivity index (χ0) is 8.39. The van der Waals surface area contributed by atoms with Crippen molar-refractivity contribution in [2.24, 2.45) is 0 Å². The average Bonchev–Trinajstić information content (AvgIpc) is 2.58. The molecule has 0 radical (unpaired) electrons. The van der Waals surface area contributed by atoms with Gasteiger partial charge in [0.25, 0.3) is 0 Å². The molecule has 0 aromatic heterocycles. The molecule has 0 bridgehead atoms. The highest BCUT2D eigenvalue weighted by Crippen LogP contribution is 2.22. The van der Waals surface area contributed by atoms with E-state index in [1.807, 2.05) is 0 Å². The second kappa shape index (κ2) is 3.00. The van der Waals surface area contributed by atoms with Crippen molar-refractivity contribution < 1.29 is 0 Å². The Bertz CT molecular complexity index is 335. The normalized spacial score (nSPS) is 14.9. The molecule has 0 heteroatoms. The van der Waals surface area contributed by atoms with E-state index in [1.165, 1.54) is 16.7 Å². The second-order valence-corrected chi connectivity index (χ2v) is 3.23. The molecule has 0 spiro atoms. The lowest BCUT2D eigenvalue weighted by Crippen LogP contribution is -1.80. The van der Waals surface area contributed by atoms with Gasteiger partial charge in [-0.2, -0.15) is 0 Å². The molecule has 1 aliphatic rings. The molecule has 12 heavy (non-hydrogen) atoms. The molecule has 0 aliphatic heterocycles. The van der Waals surface area contributed by atoms with E-state index in [0.29, 0.717) is 0 Å². The summed E-state index contributed by atoms with van der Waals surface area (Å²) in [5, 5.41) is 0. The number of benzene rings is 1. The minimum Gasteiger partial charge on any atom is -0.121 e. The van der Waals surface area contributed by atoms with Gasteiger partial charge in [-0.05, 0) is 31.4 Å². The molecule has 2 rings (SSSR count). The highest BCUT2D eigenvalue weighted by molar-refractivity contribution is 5.66. The second-order valence-electron chi connectivity index (χ2n) is 3.23. The topological polar surface area (TPSA) is 0 Å². The number of hydrogen-bond acceptors (Lipinski definition) is 0. The van der Waals surface area contributed by atoms with Crippen LogP contribution in [0.15, 0.2) is 36.1 Å². The van der Waals surface area contributed by atoms with Crippen LogP contribution in [0.1, 0.15) is 24.0 Å². The Hall–Kier alpha value is -1.26. The first kappa shape index (κ1) is 7.39. The molecule has 0 atom stereocenters. The number of rotatable bonds is 1. The molecule has 0 fully saturated rings. The molecule has 1 aliphatic carbocycles. The van der Waals surface area contributed by atoms with Gasteiger partial charge in [0.15, 0.2) is 0 Å². The van der Waals surface area contributed by atoms with Gasteiger partial charge in [0, 0.05) is 5.57 Å². The molecule has 0 amide bonds. The Labute approximate surface area is 73.2 Å². The Morgan fingerprint density at radius 3 is 2.50 bits per heavy atom. The van der Waals surface area contributed by atoms with E-state index in [9.17, 15) is 0 Å². The van der Waals surface area contributed by atoms with Gasteiger partial charge in [-0.1, -0.05) is 29.8 Å². The molecule has 1 aromatic rings. The van der Waals surface area contributed by atoms with Gasteiger partial charge in [-0.3, -0.25) is 0 Å². The fraction of sp³-hybridized carbons (Fsp3) is 0.250. The van der Waals surface area contributed by atoms with Crippen LogP contribution >= 0.6 is 0 Å². The summed E-state index contributed by atoms with van der Waals surface area (Å²) < 4.78 is 0. The fourth-order valence-corrected chi connectivity index (χ4v) is 1.47. The Morgan fingerprint density at radius 2 is 1.92 bits per heavy atom. The Balaban J connectivity index is 2.35. The van der Waals surface area contributed by atoms with Crippen LogP contribution in [0.25, 0.3) is 5.57 Å². The summed E-state index contributed by atoms with van der Waals surface area (Å²) in [5.74, 6) is 0. The highest BCUT2D eigenvalue weighted by atomic mass is 14.1. The molecule has 1 aromatic carbocycles. The van der Waals surface area contributed by atoms with Gasteiger partial charge in [-0.25, -0.2) is 0 Å². The monoisotopic (exact) mass is 156 g/mol. The van der Waals surface area contributed by atoms with Gasteiger partial charge in [0.05, 0.1) is 0 Å². The number of hydrogen-bond donors (Lipinski definition) is 0. The zero-order valence-electron chi connectivity index (χ0n) is 7.30. The van der Waals surface area contributed by atoms with Crippen LogP contribution in [0.4, 0.5) is 0 Å². The van der Waals surface area contributed by atoms with Crippen molar-refractivity contribution in [3.05, 3.63) is 47.2 Å². The van der Waals surface area contributed by atoms with E-state index in [4.69, 9.17) is 0 Å². The van der Waals surface area contributed by atoms with E-state index >= 15 is 0 Å². The van der Waals surface area contributed by atoms with Crippen molar-refractivity contribution in [1.82, 2.24) is 0 Å². The van der Waals surface area contributed by atoms with Crippen molar-refractivity contribution in [2.75, 3.05) is 0 Å². The molecular formula is C12H12. The van der Waals surface area contributed by atoms with Crippen molar-refractivity contribution in [2.45, 2.75) is 19.8 Å². The van der Waals surface area contributed by atoms with E-state index in [2.05, 4.69) is 43.0 Å². The summed E-state index contributed by atoms with van der Waals surface area (Å²) in [6.07, 6.45) is 4.43. The van der Waals surface area contributed by atoms with Crippen LogP contribution in [0.3, 0.4) is 0 Å². The molecule has 0 saturated carbocycles. The number of aryl methyl sites for hydroxylation is 1. The number of allylic oxidation sites excluding steroid dienone is 1. The third-order valence-corrected chi connectivity index (χ3v) is 2.21. The first-order valence-corrected chi connectivity index (χ1v) is 4.37. The first-order chi connectivity index (χ1) is 5.86. The van der Waals surface area contributed by atoms with Crippen LogP contribution in [0.2, 0.25) is 0 Å². The van der Waals surface area contributed by atoms with E-state index < -0.39 is 0 Å². The summed E-state index contributed by atoms with van der Waals surface area (Å²) in [5.41, 5.74) is 7.29. The molecule has 0 saturated heterocycles. The molecule has 0 nitrogen and oxygen atoms in total. The first-order valence-electron chi connectivity index (χ1n) is 4.37. The Kier molecular flexibility index (Phi) is 1.85. The molecule has 0 N–H and O–H groups in total. The summed E-state index contributed by atoms with van der Waals surface area (Å²) >= 11 is 0. The third-order valence-electron chi connectivity index (χ3n) is 2.21. The molecule has 0 heterocycles. The van der Waals surface area contributed by atoms with Gasteiger partial charge in [-0.15, -0.1) is 5.73 Å². The third kappa shape index (κ3) is 1.34. The maximum atomic E-state index is 3.28. The van der Waals surface area contributed by atoms with Crippen LogP contribution in [-0.4, -0.2) is 0 Å². The maximum absolute atomic E-state index is 3.28. The Morgan fingerprint density at radius 1 is 1.17 bits per heavy atom. The molecule has 0 unspecified atom stereocenters. The zero-order valence-corrected chi connectivity index (χ0v) is 7.30. The smallest absolute Gasteiger partial charge is 0.00120 e. The lowest BCUT2D eigenvalue weighted by molar-refractivity contribution is 1.10. The average molecular weight is 156 g/mol. The lowest BCUT2D eigenvalue weighted by Gasteiger charge is -2.00. The minimum atomic E-state index is 1.16. The predicted octanol–water partition coefficient (Wildman–Crippen LogP) is 3.33.